The third-order valence-electron chi connectivity index (χ3n) is 2.42. The van der Waals surface area contributed by atoms with Crippen LogP contribution >= 0.6 is 0 Å². The Hall–Kier alpha value is -2.23. The number of ketones is 1. The first-order valence-electron chi connectivity index (χ1n) is 4.72. The molecule has 0 bridgehead atoms. The molecule has 0 fully saturated rings. The van der Waals surface area contributed by atoms with Crippen LogP contribution in [0.1, 0.15) is 11.1 Å². The highest BCUT2D eigenvalue weighted by Gasteiger charge is 2.23. The van der Waals surface area contributed by atoms with Crippen LogP contribution in [0.15, 0.2) is 29.8 Å². The molecule has 0 unspecified atom stereocenters. The zero-order chi connectivity index (χ0) is 11.5. The molecule has 0 heterocycles. The van der Waals surface area contributed by atoms with Crippen molar-refractivity contribution in [1.82, 2.24) is 5.32 Å². The van der Waals surface area contributed by atoms with Crippen LogP contribution in [-0.2, 0) is 20.8 Å². The second-order valence-electron chi connectivity index (χ2n) is 3.41. The Bertz CT molecular complexity index is 503. The molecular weight excluding hydrogens is 206 g/mol. The molecule has 2 amide bonds. The predicted molar refractivity (Wildman–Crippen MR) is 57.0 cm³/mol. The number of hydrogen-bond acceptors (Lipinski definition) is 3. The van der Waals surface area contributed by atoms with Crippen LogP contribution in [0.2, 0.25) is 0 Å². The summed E-state index contributed by atoms with van der Waals surface area (Å²) in [5, 5.41) is 1.84. The molecule has 1 aliphatic rings. The number of benzene rings is 1. The first-order valence-corrected chi connectivity index (χ1v) is 4.72. The highest BCUT2D eigenvalue weighted by atomic mass is 16.2. The summed E-state index contributed by atoms with van der Waals surface area (Å²) in [6.07, 6.45) is 2.95. The minimum atomic E-state index is -0.700. The van der Waals surface area contributed by atoms with Crippen molar-refractivity contribution < 1.29 is 14.4 Å². The van der Waals surface area contributed by atoms with E-state index >= 15 is 0 Å². The van der Waals surface area contributed by atoms with Gasteiger partial charge in [0, 0.05) is 6.42 Å². The molecule has 4 nitrogen and oxygen atoms in total. The molecule has 1 N–H and O–H groups in total. The highest BCUT2D eigenvalue weighted by molar-refractivity contribution is 6.25. The lowest BCUT2D eigenvalue weighted by Crippen LogP contribution is -2.29. The van der Waals surface area contributed by atoms with E-state index in [2.05, 4.69) is 0 Å². The smallest absolute Gasteiger partial charge is 0.294 e. The molecule has 0 saturated heterocycles. The van der Waals surface area contributed by atoms with E-state index in [9.17, 15) is 14.4 Å². The van der Waals surface area contributed by atoms with Gasteiger partial charge >= 0.3 is 6.41 Å². The Morgan fingerprint density at radius 2 is 2.06 bits per heavy atom. The van der Waals surface area contributed by atoms with Crippen LogP contribution in [0.5, 0.6) is 0 Å². The van der Waals surface area contributed by atoms with Gasteiger partial charge in [-0.1, -0.05) is 24.3 Å². The number of Topliss-reactive ketones (excluding diaryl/α,β-unsaturated/α-hetero) is 1. The summed E-state index contributed by atoms with van der Waals surface area (Å²) in [6.45, 7) is 0. The quantitative estimate of drug-likeness (QED) is 0.571. The highest BCUT2D eigenvalue weighted by Crippen LogP contribution is 2.21. The molecule has 0 aromatic heterocycles. The van der Waals surface area contributed by atoms with Gasteiger partial charge in [-0.05, 0) is 17.2 Å². The molecule has 1 aromatic carbocycles. The number of imide groups is 1. The second kappa shape index (κ2) is 4.10. The number of hydrogen-bond donors (Lipinski definition) is 1. The first kappa shape index (κ1) is 10.3. The second-order valence-corrected chi connectivity index (χ2v) is 3.41. The van der Waals surface area contributed by atoms with E-state index in [1.165, 1.54) is 12.5 Å². The van der Waals surface area contributed by atoms with Gasteiger partial charge < -0.3 is 0 Å². The predicted octanol–water partition coefficient (Wildman–Crippen LogP) is 0.379. The molecular formula is C12H8NO3. The van der Waals surface area contributed by atoms with Crippen LogP contribution in [0, 0.1) is 0 Å². The van der Waals surface area contributed by atoms with E-state index < -0.39 is 5.91 Å². The van der Waals surface area contributed by atoms with Gasteiger partial charge in [-0.2, -0.15) is 0 Å². The van der Waals surface area contributed by atoms with Gasteiger partial charge in [0.25, 0.3) is 5.91 Å². The summed E-state index contributed by atoms with van der Waals surface area (Å²) in [5.41, 5.74) is 1.72. The van der Waals surface area contributed by atoms with Crippen molar-refractivity contribution in [2.24, 2.45) is 0 Å². The molecule has 16 heavy (non-hydrogen) atoms. The van der Waals surface area contributed by atoms with Crippen molar-refractivity contribution in [2.75, 3.05) is 0 Å². The summed E-state index contributed by atoms with van der Waals surface area (Å²) < 4.78 is 0. The van der Waals surface area contributed by atoms with Crippen molar-refractivity contribution in [3.8, 4) is 0 Å². The molecule has 1 aliphatic carbocycles. The molecule has 4 heteroatoms. The van der Waals surface area contributed by atoms with Crippen molar-refractivity contribution in [3.05, 3.63) is 41.0 Å². The standard InChI is InChI=1S/C12H8NO3/c14-7-13-12(16)10-5-8-3-1-2-4-9(8)6-11(10)15/h1-5H,6H2,(H,13,14,16). The molecule has 0 saturated carbocycles. The van der Waals surface area contributed by atoms with Crippen LogP contribution < -0.4 is 5.32 Å². The Labute approximate surface area is 92.0 Å². The fourth-order valence-electron chi connectivity index (χ4n) is 1.65. The largest absolute Gasteiger partial charge is 0.316 e. The lowest BCUT2D eigenvalue weighted by atomic mass is 9.91. The van der Waals surface area contributed by atoms with Gasteiger partial charge in [0.15, 0.2) is 5.78 Å². The average Bonchev–Trinajstić information content (AvgIpc) is 2.28. The lowest BCUT2D eigenvalue weighted by molar-refractivity contribution is -0.121. The van der Waals surface area contributed by atoms with Gasteiger partial charge in [-0.15, -0.1) is 0 Å². The fraction of sp³-hybridized carbons (Fsp3) is 0.0833. The number of nitrogens with one attached hydrogen (secondary N) is 1. The maximum atomic E-state index is 11.6. The van der Waals surface area contributed by atoms with E-state index in [0.29, 0.717) is 0 Å². The van der Waals surface area contributed by atoms with Crippen molar-refractivity contribution in [2.45, 2.75) is 6.42 Å². The molecule has 79 valence electrons. The van der Waals surface area contributed by atoms with Crippen LogP contribution in [-0.4, -0.2) is 18.1 Å². The molecule has 1 radical (unpaired) electrons. The zero-order valence-corrected chi connectivity index (χ0v) is 8.32. The summed E-state index contributed by atoms with van der Waals surface area (Å²) in [4.78, 5) is 33.0. The Balaban J connectivity index is 2.41. The van der Waals surface area contributed by atoms with Gasteiger partial charge in [0.05, 0.1) is 5.57 Å². The van der Waals surface area contributed by atoms with E-state index in [1.54, 1.807) is 0 Å². The average molecular weight is 214 g/mol. The summed E-state index contributed by atoms with van der Waals surface area (Å²) in [6, 6.07) is 7.32. The molecule has 0 aliphatic heterocycles. The molecule has 0 atom stereocenters. The minimum absolute atomic E-state index is 0.00190. The van der Waals surface area contributed by atoms with E-state index in [4.69, 9.17) is 0 Å². The Morgan fingerprint density at radius 1 is 1.31 bits per heavy atom. The monoisotopic (exact) mass is 214 g/mol. The number of carbonyl (C=O) groups excluding carboxylic acids is 3. The van der Waals surface area contributed by atoms with Gasteiger partial charge in [-0.3, -0.25) is 19.7 Å². The number of rotatable bonds is 2. The van der Waals surface area contributed by atoms with Crippen molar-refractivity contribution >= 4 is 24.2 Å². The Morgan fingerprint density at radius 3 is 2.81 bits per heavy atom. The maximum Gasteiger partial charge on any atom is 0.316 e. The summed E-state index contributed by atoms with van der Waals surface area (Å²) >= 11 is 0. The number of amides is 2. The fourth-order valence-corrected chi connectivity index (χ4v) is 1.65. The Kier molecular flexibility index (Phi) is 2.64. The first-order chi connectivity index (χ1) is 7.72. The zero-order valence-electron chi connectivity index (χ0n) is 8.32. The number of fused-ring (bicyclic) bond motifs is 1. The minimum Gasteiger partial charge on any atom is -0.294 e. The third-order valence-corrected chi connectivity index (χ3v) is 2.42. The topological polar surface area (TPSA) is 63.2 Å². The van der Waals surface area contributed by atoms with Gasteiger partial charge in [0.1, 0.15) is 0 Å². The van der Waals surface area contributed by atoms with Crippen LogP contribution in [0.3, 0.4) is 0 Å². The third kappa shape index (κ3) is 1.77. The normalized spacial score (nSPS) is 13.8. The van der Waals surface area contributed by atoms with Crippen molar-refractivity contribution in [3.63, 3.8) is 0 Å². The SMILES string of the molecule is O=[C]NC(=O)C1=Cc2ccccc2CC1=O. The van der Waals surface area contributed by atoms with E-state index in [-0.39, 0.29) is 17.8 Å². The van der Waals surface area contributed by atoms with Crippen LogP contribution in [0.4, 0.5) is 0 Å². The molecule has 2 rings (SSSR count). The van der Waals surface area contributed by atoms with Crippen LogP contribution in [0.25, 0.3) is 6.08 Å². The van der Waals surface area contributed by atoms with E-state index in [0.717, 1.165) is 11.1 Å². The number of carbonyl (C=O) groups is 2. The lowest BCUT2D eigenvalue weighted by Gasteiger charge is -2.13. The maximum absolute atomic E-state index is 11.6. The van der Waals surface area contributed by atoms with Gasteiger partial charge in [-0.25, -0.2) is 0 Å². The van der Waals surface area contributed by atoms with Crippen molar-refractivity contribution in [1.29, 1.82) is 0 Å². The summed E-state index contributed by atoms with van der Waals surface area (Å²) in [5.74, 6) is -0.985. The molecule has 1 aromatic rings. The van der Waals surface area contributed by atoms with Gasteiger partial charge in [0.2, 0.25) is 0 Å². The van der Waals surface area contributed by atoms with E-state index in [1.807, 2.05) is 29.6 Å². The molecule has 0 spiro atoms. The summed E-state index contributed by atoms with van der Waals surface area (Å²) in [7, 11) is 0.